The average Bonchev–Trinajstić information content (AvgIpc) is 3.39. The quantitative estimate of drug-likeness (QED) is 0.295. The number of piperazine rings is 1. The molecule has 48 heavy (non-hydrogen) atoms. The number of benzene rings is 2. The van der Waals surface area contributed by atoms with E-state index in [4.69, 9.17) is 20.2 Å². The molecule has 0 bridgehead atoms. The minimum atomic E-state index is -0.778. The lowest BCUT2D eigenvalue weighted by Crippen LogP contribution is -2.64. The summed E-state index contributed by atoms with van der Waals surface area (Å²) in [5, 5.41) is 3.02. The fraction of sp³-hybridized carbons (Fsp3) is 0.556. The van der Waals surface area contributed by atoms with Crippen molar-refractivity contribution in [2.24, 2.45) is 10.7 Å². The van der Waals surface area contributed by atoms with Gasteiger partial charge in [-0.05, 0) is 84.7 Å². The molecule has 2 aliphatic heterocycles. The first-order chi connectivity index (χ1) is 22.8. The lowest BCUT2D eigenvalue weighted by atomic mass is 9.93. The third-order valence-electron chi connectivity index (χ3n) is 9.08. The number of nitrogens with zero attached hydrogens (tertiary/aromatic N) is 5. The van der Waals surface area contributed by atoms with Crippen molar-refractivity contribution in [3.8, 4) is 5.75 Å². The molecule has 0 aromatic heterocycles. The van der Waals surface area contributed by atoms with E-state index in [-0.39, 0.29) is 42.6 Å². The summed E-state index contributed by atoms with van der Waals surface area (Å²) in [6.45, 7) is 6.34. The zero-order chi connectivity index (χ0) is 35.0. The molecule has 0 radical (unpaired) electrons. The molecule has 1 unspecified atom stereocenters. The first-order valence-corrected chi connectivity index (χ1v) is 16.7. The van der Waals surface area contributed by atoms with Crippen LogP contribution in [0.4, 0.5) is 0 Å². The average molecular weight is 664 g/mol. The molecule has 1 fully saturated rings. The number of carbonyl (C=O) groups excluding carboxylic acids is 3. The second kappa shape index (κ2) is 16.3. The summed E-state index contributed by atoms with van der Waals surface area (Å²) in [5.74, 6) is -0.605. The normalized spacial score (nSPS) is 19.6. The van der Waals surface area contributed by atoms with Crippen molar-refractivity contribution in [2.75, 3.05) is 61.5 Å². The number of hydrogen-bond acceptors (Lipinski definition) is 9. The van der Waals surface area contributed by atoms with E-state index in [9.17, 15) is 14.4 Å². The Morgan fingerprint density at radius 3 is 2.44 bits per heavy atom. The van der Waals surface area contributed by atoms with Gasteiger partial charge >= 0.3 is 0 Å². The highest BCUT2D eigenvalue weighted by molar-refractivity contribution is 5.95. The molecule has 262 valence electrons. The number of amidine groups is 1. The molecule has 2 aromatic rings. The van der Waals surface area contributed by atoms with E-state index in [0.717, 1.165) is 36.9 Å². The van der Waals surface area contributed by atoms with Gasteiger partial charge < -0.3 is 35.2 Å². The van der Waals surface area contributed by atoms with Crippen molar-refractivity contribution in [1.82, 2.24) is 24.9 Å². The molecular weight excluding hydrogens is 610 g/mol. The van der Waals surface area contributed by atoms with Gasteiger partial charge in [-0.15, -0.1) is 0 Å². The van der Waals surface area contributed by atoms with Crippen LogP contribution in [0.25, 0.3) is 0 Å². The van der Waals surface area contributed by atoms with Crippen LogP contribution in [0, 0.1) is 0 Å². The number of primary amides is 1. The summed E-state index contributed by atoms with van der Waals surface area (Å²) in [6, 6.07) is 14.4. The number of ether oxygens (including phenoxy) is 2. The van der Waals surface area contributed by atoms with Crippen molar-refractivity contribution in [1.29, 1.82) is 0 Å². The number of aliphatic imine (C=N–C) groups is 1. The number of nitrogens with two attached hydrogens (primary N) is 1. The minimum absolute atomic E-state index is 0.0586. The van der Waals surface area contributed by atoms with E-state index >= 15 is 0 Å². The van der Waals surface area contributed by atoms with Gasteiger partial charge in [0, 0.05) is 19.6 Å². The Morgan fingerprint density at radius 1 is 1.06 bits per heavy atom. The van der Waals surface area contributed by atoms with Crippen molar-refractivity contribution in [3.63, 3.8) is 0 Å². The topological polar surface area (TPSA) is 133 Å². The molecule has 4 rings (SSSR count). The summed E-state index contributed by atoms with van der Waals surface area (Å²) in [7, 11) is 9.43. The Balaban J connectivity index is 1.54. The third kappa shape index (κ3) is 9.04. The predicted molar refractivity (Wildman–Crippen MR) is 187 cm³/mol. The van der Waals surface area contributed by atoms with Crippen LogP contribution in [0.5, 0.6) is 5.75 Å². The number of likely N-dealkylation sites (N-methyl/N-ethyl adjacent to an activating group) is 1. The number of nitrogens with one attached hydrogen (secondary N) is 1. The largest absolute Gasteiger partial charge is 0.496 e. The van der Waals surface area contributed by atoms with Crippen LogP contribution < -0.4 is 15.8 Å². The van der Waals surface area contributed by atoms with Gasteiger partial charge in [0.1, 0.15) is 17.3 Å². The summed E-state index contributed by atoms with van der Waals surface area (Å²) in [6.07, 6.45) is 3.45. The van der Waals surface area contributed by atoms with Crippen LogP contribution >= 0.6 is 0 Å². The first kappa shape index (κ1) is 36.7. The highest BCUT2D eigenvalue weighted by Gasteiger charge is 2.45. The summed E-state index contributed by atoms with van der Waals surface area (Å²) in [5.41, 5.74) is 6.98. The Labute approximate surface area is 285 Å². The minimum Gasteiger partial charge on any atom is -0.496 e. The maximum absolute atomic E-state index is 14.2. The van der Waals surface area contributed by atoms with Crippen LogP contribution in [0.2, 0.25) is 0 Å². The molecule has 0 saturated carbocycles. The van der Waals surface area contributed by atoms with Gasteiger partial charge in [-0.3, -0.25) is 19.3 Å². The van der Waals surface area contributed by atoms with E-state index < -0.39 is 17.5 Å². The van der Waals surface area contributed by atoms with Crippen molar-refractivity contribution in [2.45, 2.75) is 69.8 Å². The fourth-order valence-corrected chi connectivity index (χ4v) is 6.37. The number of hydrogen-bond donors (Lipinski definition) is 2. The molecule has 2 aromatic carbocycles. The number of amides is 3. The fourth-order valence-electron chi connectivity index (χ4n) is 6.37. The van der Waals surface area contributed by atoms with Gasteiger partial charge in [0.25, 0.3) is 11.9 Å². The second-order valence-corrected chi connectivity index (χ2v) is 13.7. The third-order valence-corrected chi connectivity index (χ3v) is 9.08. The van der Waals surface area contributed by atoms with E-state index in [1.807, 2.05) is 68.1 Å². The molecule has 0 aliphatic carbocycles. The number of unbranched alkanes of at least 4 members (excludes halogenated alkanes) is 2. The van der Waals surface area contributed by atoms with E-state index in [1.54, 1.807) is 23.1 Å². The van der Waals surface area contributed by atoms with Crippen molar-refractivity contribution < 1.29 is 23.9 Å². The Morgan fingerprint density at radius 2 is 1.79 bits per heavy atom. The van der Waals surface area contributed by atoms with Gasteiger partial charge in [0.05, 0.1) is 25.3 Å². The Bertz CT molecular complexity index is 1450. The zero-order valence-electron chi connectivity index (χ0n) is 29.6. The summed E-state index contributed by atoms with van der Waals surface area (Å²) < 4.78 is 11.8. The lowest BCUT2D eigenvalue weighted by Gasteiger charge is -2.42. The smallest absolute Gasteiger partial charge is 0.288 e. The number of rotatable bonds is 14. The van der Waals surface area contributed by atoms with E-state index in [1.165, 1.54) is 7.11 Å². The molecule has 3 amide bonds. The van der Waals surface area contributed by atoms with Crippen molar-refractivity contribution >= 4 is 23.7 Å². The molecule has 2 heterocycles. The zero-order valence-corrected chi connectivity index (χ0v) is 29.6. The monoisotopic (exact) mass is 663 g/mol. The molecule has 3 atom stereocenters. The van der Waals surface area contributed by atoms with Gasteiger partial charge in [0.2, 0.25) is 11.8 Å². The van der Waals surface area contributed by atoms with Gasteiger partial charge in [-0.25, -0.2) is 4.99 Å². The molecular formula is C36H53N7O5. The highest BCUT2D eigenvalue weighted by atomic mass is 16.5. The lowest BCUT2D eigenvalue weighted by molar-refractivity contribution is -0.147. The van der Waals surface area contributed by atoms with Gasteiger partial charge in [-0.1, -0.05) is 49.2 Å². The molecule has 12 heteroatoms. The summed E-state index contributed by atoms with van der Waals surface area (Å²) >= 11 is 0. The van der Waals surface area contributed by atoms with E-state index in [0.29, 0.717) is 31.3 Å². The number of carbonyl (C=O) groups is 3. The number of methoxy groups -OCH3 is 1. The van der Waals surface area contributed by atoms with E-state index in [2.05, 4.69) is 24.3 Å². The van der Waals surface area contributed by atoms with Crippen LogP contribution in [0.15, 0.2) is 53.5 Å². The van der Waals surface area contributed by atoms with Crippen molar-refractivity contribution in [3.05, 3.63) is 65.2 Å². The second-order valence-electron chi connectivity index (χ2n) is 13.7. The highest BCUT2D eigenvalue weighted by Crippen LogP contribution is 2.38. The SMILES string of the molecule is COc1cc(CNC(=O)[C@@H]2CN(C3=NC(C)(C)C(c4ccccc4)O3)CCN2C(=O)[C@@H](CCCCCN(C)C)N(C)C)ccc1C(N)=O. The molecule has 0 spiro atoms. The van der Waals surface area contributed by atoms with Crippen LogP contribution in [0.3, 0.4) is 0 Å². The molecule has 3 N–H and O–H groups in total. The Kier molecular flexibility index (Phi) is 12.4. The van der Waals surface area contributed by atoms with Gasteiger partial charge in [0.15, 0.2) is 6.10 Å². The Hall–Kier alpha value is -4.16. The first-order valence-electron chi connectivity index (χ1n) is 16.7. The molecule has 2 aliphatic rings. The standard InChI is InChI=1S/C36H53N7O5/c1-36(2)31(26-14-10-8-11-15-26)48-35(39-36)42-20-21-43(34(46)28(41(5)6)16-12-9-13-19-40(3)4)29(24-42)33(45)38-23-25-17-18-27(32(37)44)30(22-25)47-7/h8,10-11,14-15,17-18,22,28-29,31H,9,12-13,16,19-21,23-24H2,1-7H3,(H2,37,44)(H,38,45)/t28-,29+,31?/m1/s1. The summed E-state index contributed by atoms with van der Waals surface area (Å²) in [4.78, 5) is 52.8. The van der Waals surface area contributed by atoms with Gasteiger partial charge in [-0.2, -0.15) is 0 Å². The van der Waals surface area contributed by atoms with Crippen LogP contribution in [-0.4, -0.2) is 122 Å². The van der Waals surface area contributed by atoms with Crippen LogP contribution in [-0.2, 0) is 20.9 Å². The maximum Gasteiger partial charge on any atom is 0.288 e. The molecule has 12 nitrogen and oxygen atoms in total. The molecule has 1 saturated heterocycles. The van der Waals surface area contributed by atoms with Crippen LogP contribution in [0.1, 0.15) is 67.1 Å². The maximum atomic E-state index is 14.2. The predicted octanol–water partition coefficient (Wildman–Crippen LogP) is 2.88.